The number of fused-ring (bicyclic) bond motifs is 1. The van der Waals surface area contributed by atoms with Crippen molar-refractivity contribution in [1.29, 1.82) is 5.26 Å². The van der Waals surface area contributed by atoms with Crippen LogP contribution < -0.4 is 4.90 Å². The van der Waals surface area contributed by atoms with Gasteiger partial charge in [-0.15, -0.1) is 0 Å². The second-order valence-electron chi connectivity index (χ2n) is 5.00. The van der Waals surface area contributed by atoms with Gasteiger partial charge in [0.1, 0.15) is 23.0 Å². The summed E-state index contributed by atoms with van der Waals surface area (Å²) in [7, 11) is 2.14. The molecule has 98 valence electrons. The predicted octanol–water partition coefficient (Wildman–Crippen LogP) is 1.58. The highest BCUT2D eigenvalue weighted by molar-refractivity contribution is 5.88. The lowest BCUT2D eigenvalue weighted by atomic mass is 10.2. The van der Waals surface area contributed by atoms with Crippen molar-refractivity contribution in [3.63, 3.8) is 0 Å². The molecule has 0 amide bonds. The number of aromatic nitrogens is 2. The zero-order valence-corrected chi connectivity index (χ0v) is 11.1. The van der Waals surface area contributed by atoms with Gasteiger partial charge in [-0.25, -0.2) is 0 Å². The van der Waals surface area contributed by atoms with Gasteiger partial charge >= 0.3 is 0 Å². The first-order valence-electron chi connectivity index (χ1n) is 6.60. The molecule has 5 nitrogen and oxygen atoms in total. The number of aromatic amines is 1. The number of rotatable bonds is 1. The van der Waals surface area contributed by atoms with Crippen LogP contribution in [0.15, 0.2) is 18.3 Å². The fourth-order valence-corrected chi connectivity index (χ4v) is 2.62. The van der Waals surface area contributed by atoms with Gasteiger partial charge in [-0.1, -0.05) is 0 Å². The molecule has 1 saturated heterocycles. The third-order valence-electron chi connectivity index (χ3n) is 3.68. The Morgan fingerprint density at radius 3 is 3.05 bits per heavy atom. The summed E-state index contributed by atoms with van der Waals surface area (Å²) in [5.41, 5.74) is 2.38. The van der Waals surface area contributed by atoms with Crippen molar-refractivity contribution >= 4 is 16.9 Å². The Balaban J connectivity index is 2.02. The number of likely N-dealkylation sites (N-methyl/N-ethyl adjacent to an activating group) is 1. The molecule has 0 bridgehead atoms. The molecule has 2 aromatic heterocycles. The molecule has 0 unspecified atom stereocenters. The first kappa shape index (κ1) is 12.0. The predicted molar refractivity (Wildman–Crippen MR) is 75.1 cm³/mol. The van der Waals surface area contributed by atoms with E-state index in [-0.39, 0.29) is 0 Å². The molecule has 3 heterocycles. The van der Waals surface area contributed by atoms with E-state index in [2.05, 4.69) is 32.9 Å². The number of nitriles is 1. The van der Waals surface area contributed by atoms with Gasteiger partial charge < -0.3 is 14.8 Å². The normalized spacial score (nSPS) is 17.4. The second-order valence-corrected chi connectivity index (χ2v) is 5.00. The molecule has 5 heteroatoms. The van der Waals surface area contributed by atoms with E-state index in [0.29, 0.717) is 5.56 Å². The number of hydrogen-bond donors (Lipinski definition) is 1. The fourth-order valence-electron chi connectivity index (χ4n) is 2.62. The number of nitrogens with one attached hydrogen (secondary N) is 1. The Morgan fingerprint density at radius 1 is 1.32 bits per heavy atom. The number of pyridine rings is 1. The van der Waals surface area contributed by atoms with Crippen molar-refractivity contribution in [2.45, 2.75) is 6.42 Å². The van der Waals surface area contributed by atoms with Crippen LogP contribution in [0, 0.1) is 11.3 Å². The molecule has 1 aliphatic rings. The highest BCUT2D eigenvalue weighted by Crippen LogP contribution is 2.27. The zero-order valence-electron chi connectivity index (χ0n) is 11.1. The van der Waals surface area contributed by atoms with Crippen LogP contribution in [-0.4, -0.2) is 48.1 Å². The van der Waals surface area contributed by atoms with E-state index >= 15 is 0 Å². The van der Waals surface area contributed by atoms with Crippen molar-refractivity contribution in [1.82, 2.24) is 14.9 Å². The lowest BCUT2D eigenvalue weighted by Gasteiger charge is -2.21. The maximum absolute atomic E-state index is 9.41. The van der Waals surface area contributed by atoms with Gasteiger partial charge in [-0.2, -0.15) is 5.26 Å². The van der Waals surface area contributed by atoms with Crippen LogP contribution in [0.25, 0.3) is 11.0 Å². The molecule has 0 saturated carbocycles. The highest BCUT2D eigenvalue weighted by Gasteiger charge is 2.20. The Hall–Kier alpha value is -2.06. The summed E-state index contributed by atoms with van der Waals surface area (Å²) in [6.45, 7) is 4.05. The molecular weight excluding hydrogens is 238 g/mol. The molecule has 1 fully saturated rings. The molecule has 19 heavy (non-hydrogen) atoms. The summed E-state index contributed by atoms with van der Waals surface area (Å²) in [5, 5.41) is 9.41. The molecule has 0 atom stereocenters. The molecule has 2 aromatic rings. The average Bonchev–Trinajstić information content (AvgIpc) is 2.67. The van der Waals surface area contributed by atoms with Gasteiger partial charge in [-0.3, -0.25) is 4.98 Å². The molecule has 0 aromatic carbocycles. The summed E-state index contributed by atoms with van der Waals surface area (Å²) in [6.07, 6.45) is 2.85. The van der Waals surface area contributed by atoms with Gasteiger partial charge in [0.15, 0.2) is 0 Å². The van der Waals surface area contributed by atoms with E-state index in [9.17, 15) is 5.26 Å². The SMILES string of the molecule is CN1CCCN(c2[nH]c3cccnc3c2C#N)CC1. The van der Waals surface area contributed by atoms with Crippen LogP contribution in [0.3, 0.4) is 0 Å². The van der Waals surface area contributed by atoms with Gasteiger partial charge in [0.25, 0.3) is 0 Å². The van der Waals surface area contributed by atoms with Crippen LogP contribution in [-0.2, 0) is 0 Å². The first-order valence-corrected chi connectivity index (χ1v) is 6.60. The molecular formula is C14H17N5. The van der Waals surface area contributed by atoms with E-state index in [4.69, 9.17) is 0 Å². The van der Waals surface area contributed by atoms with Crippen molar-refractivity contribution in [3.8, 4) is 6.07 Å². The minimum atomic E-state index is 0.667. The zero-order chi connectivity index (χ0) is 13.2. The van der Waals surface area contributed by atoms with Gasteiger partial charge in [0, 0.05) is 25.8 Å². The first-order chi connectivity index (χ1) is 9.29. The lowest BCUT2D eigenvalue weighted by molar-refractivity contribution is 0.360. The largest absolute Gasteiger partial charge is 0.356 e. The minimum absolute atomic E-state index is 0.667. The van der Waals surface area contributed by atoms with E-state index in [0.717, 1.165) is 49.5 Å². The lowest BCUT2D eigenvalue weighted by Crippen LogP contribution is -2.29. The maximum atomic E-state index is 9.41. The van der Waals surface area contributed by atoms with Crippen molar-refractivity contribution in [3.05, 3.63) is 23.9 Å². The minimum Gasteiger partial charge on any atom is -0.356 e. The molecule has 0 spiro atoms. The molecule has 1 aliphatic heterocycles. The number of H-pyrrole nitrogens is 1. The van der Waals surface area contributed by atoms with Gasteiger partial charge in [-0.05, 0) is 32.1 Å². The second kappa shape index (κ2) is 4.90. The fraction of sp³-hybridized carbons (Fsp3) is 0.429. The third-order valence-corrected chi connectivity index (χ3v) is 3.68. The van der Waals surface area contributed by atoms with Crippen LogP contribution in [0.1, 0.15) is 12.0 Å². The Labute approximate surface area is 112 Å². The van der Waals surface area contributed by atoms with Crippen molar-refractivity contribution in [2.24, 2.45) is 0 Å². The number of anilines is 1. The Morgan fingerprint density at radius 2 is 2.21 bits per heavy atom. The third kappa shape index (κ3) is 2.15. The number of nitrogens with zero attached hydrogens (tertiary/aromatic N) is 4. The van der Waals surface area contributed by atoms with Crippen LogP contribution in [0.4, 0.5) is 5.82 Å². The van der Waals surface area contributed by atoms with E-state index in [1.807, 2.05) is 12.1 Å². The van der Waals surface area contributed by atoms with E-state index < -0.39 is 0 Å². The summed E-state index contributed by atoms with van der Waals surface area (Å²) < 4.78 is 0. The smallest absolute Gasteiger partial charge is 0.126 e. The summed E-state index contributed by atoms with van der Waals surface area (Å²) in [5.74, 6) is 0.923. The summed E-state index contributed by atoms with van der Waals surface area (Å²) in [6, 6.07) is 6.16. The summed E-state index contributed by atoms with van der Waals surface area (Å²) >= 11 is 0. The van der Waals surface area contributed by atoms with E-state index in [1.54, 1.807) is 6.20 Å². The quantitative estimate of drug-likeness (QED) is 0.840. The van der Waals surface area contributed by atoms with Crippen molar-refractivity contribution in [2.75, 3.05) is 38.1 Å². The van der Waals surface area contributed by atoms with Gasteiger partial charge in [0.2, 0.25) is 0 Å². The topological polar surface area (TPSA) is 58.9 Å². The van der Waals surface area contributed by atoms with Crippen molar-refractivity contribution < 1.29 is 0 Å². The van der Waals surface area contributed by atoms with Gasteiger partial charge in [0.05, 0.1) is 5.52 Å². The van der Waals surface area contributed by atoms with Crippen LogP contribution in [0.2, 0.25) is 0 Å². The standard InChI is InChI=1S/C14H17N5/c1-18-6-3-7-19(9-8-18)14-11(10-15)13-12(17-14)4-2-5-16-13/h2,4-5,17H,3,6-9H2,1H3. The monoisotopic (exact) mass is 255 g/mol. The average molecular weight is 255 g/mol. The highest BCUT2D eigenvalue weighted by atomic mass is 15.2. The van der Waals surface area contributed by atoms with Crippen LogP contribution >= 0.6 is 0 Å². The Bertz CT molecular complexity index is 624. The molecule has 0 radical (unpaired) electrons. The molecule has 3 rings (SSSR count). The number of hydrogen-bond acceptors (Lipinski definition) is 4. The summed E-state index contributed by atoms with van der Waals surface area (Å²) in [4.78, 5) is 12.3. The molecule has 1 N–H and O–H groups in total. The van der Waals surface area contributed by atoms with E-state index in [1.165, 1.54) is 0 Å². The van der Waals surface area contributed by atoms with Crippen LogP contribution in [0.5, 0.6) is 0 Å². The Kier molecular flexibility index (Phi) is 3.10. The maximum Gasteiger partial charge on any atom is 0.126 e. The molecule has 0 aliphatic carbocycles.